The van der Waals surface area contributed by atoms with Crippen molar-refractivity contribution in [3.63, 3.8) is 0 Å². The van der Waals surface area contributed by atoms with Crippen LogP contribution in [0.3, 0.4) is 0 Å². The maximum absolute atomic E-state index is 5.56. The van der Waals surface area contributed by atoms with Gasteiger partial charge in [-0.05, 0) is 23.6 Å². The fourth-order valence-electron chi connectivity index (χ4n) is 2.46. The Balaban J connectivity index is 2.18. The molecule has 0 saturated carbocycles. The van der Waals surface area contributed by atoms with Gasteiger partial charge >= 0.3 is 0 Å². The Hall–Kier alpha value is -2.72. The molecule has 0 aliphatic carbocycles. The van der Waals surface area contributed by atoms with Crippen LogP contribution in [0.15, 0.2) is 72.8 Å². The number of benzene rings is 3. The lowest BCUT2D eigenvalue weighted by molar-refractivity contribution is 1.13. The number of hydrogen-bond donors (Lipinski definition) is 0. The average Bonchev–Trinajstić information content (AvgIpc) is 2.53. The van der Waals surface area contributed by atoms with Crippen LogP contribution in [-0.4, -0.2) is 6.54 Å². The molecule has 0 heterocycles. The summed E-state index contributed by atoms with van der Waals surface area (Å²) < 4.78 is 0. The molecule has 1 heteroatoms. The van der Waals surface area contributed by atoms with E-state index in [4.69, 9.17) is 6.42 Å². The summed E-state index contributed by atoms with van der Waals surface area (Å²) >= 11 is 0. The van der Waals surface area contributed by atoms with Gasteiger partial charge in [-0.15, -0.1) is 6.42 Å². The van der Waals surface area contributed by atoms with Crippen molar-refractivity contribution < 1.29 is 0 Å². The van der Waals surface area contributed by atoms with Crippen LogP contribution in [0.2, 0.25) is 0 Å². The summed E-state index contributed by atoms with van der Waals surface area (Å²) in [5.74, 6) is 2.76. The molecule has 0 spiro atoms. The molecular weight excluding hydrogens is 242 g/mol. The van der Waals surface area contributed by atoms with Gasteiger partial charge in [0, 0.05) is 16.8 Å². The minimum atomic E-state index is 0.554. The van der Waals surface area contributed by atoms with Crippen molar-refractivity contribution in [2.75, 3.05) is 11.4 Å². The van der Waals surface area contributed by atoms with E-state index in [1.54, 1.807) is 0 Å². The normalized spacial score (nSPS) is 10.2. The van der Waals surface area contributed by atoms with Crippen LogP contribution in [0.5, 0.6) is 0 Å². The molecule has 0 atom stereocenters. The van der Waals surface area contributed by atoms with E-state index >= 15 is 0 Å². The Morgan fingerprint density at radius 3 is 2.30 bits per heavy atom. The summed E-state index contributed by atoms with van der Waals surface area (Å²) in [6.45, 7) is 0.554. The third-order valence-corrected chi connectivity index (χ3v) is 3.37. The summed E-state index contributed by atoms with van der Waals surface area (Å²) in [5, 5.41) is 2.44. The van der Waals surface area contributed by atoms with Gasteiger partial charge in [0.2, 0.25) is 0 Å². The lowest BCUT2D eigenvalue weighted by atomic mass is 10.1. The minimum absolute atomic E-state index is 0.554. The van der Waals surface area contributed by atoms with Gasteiger partial charge in [0.1, 0.15) is 0 Å². The number of hydrogen-bond acceptors (Lipinski definition) is 1. The van der Waals surface area contributed by atoms with Gasteiger partial charge in [-0.1, -0.05) is 60.5 Å². The molecule has 0 N–H and O–H groups in total. The molecule has 0 aromatic heterocycles. The summed E-state index contributed by atoms with van der Waals surface area (Å²) in [6.07, 6.45) is 5.56. The van der Waals surface area contributed by atoms with E-state index in [1.807, 2.05) is 18.2 Å². The van der Waals surface area contributed by atoms with Crippen LogP contribution in [0, 0.1) is 12.3 Å². The standard InChI is InChI=1S/C19H15N/c1-2-15-20(17-11-4-3-5-12-17)19-14-8-10-16-9-6-7-13-18(16)19/h1,3-14H,15H2. The second-order valence-corrected chi connectivity index (χ2v) is 4.62. The van der Waals surface area contributed by atoms with Crippen LogP contribution in [0.4, 0.5) is 11.4 Å². The summed E-state index contributed by atoms with van der Waals surface area (Å²) in [6, 6.07) is 24.9. The molecule has 3 rings (SSSR count). The number of para-hydroxylation sites is 1. The Morgan fingerprint density at radius 2 is 1.50 bits per heavy atom. The number of fused-ring (bicyclic) bond motifs is 1. The summed E-state index contributed by atoms with van der Waals surface area (Å²) in [7, 11) is 0. The molecule has 3 aromatic rings. The highest BCUT2D eigenvalue weighted by atomic mass is 15.1. The summed E-state index contributed by atoms with van der Waals surface area (Å²) in [4.78, 5) is 2.17. The topological polar surface area (TPSA) is 3.24 Å². The van der Waals surface area contributed by atoms with Gasteiger partial charge in [0.05, 0.1) is 6.54 Å². The third-order valence-electron chi connectivity index (χ3n) is 3.37. The Morgan fingerprint density at radius 1 is 0.800 bits per heavy atom. The fraction of sp³-hybridized carbons (Fsp3) is 0.0526. The van der Waals surface area contributed by atoms with Crippen molar-refractivity contribution in [3.05, 3.63) is 72.8 Å². The fourth-order valence-corrected chi connectivity index (χ4v) is 2.46. The number of rotatable bonds is 3. The predicted molar refractivity (Wildman–Crippen MR) is 86.2 cm³/mol. The zero-order valence-electron chi connectivity index (χ0n) is 11.2. The second kappa shape index (κ2) is 5.50. The van der Waals surface area contributed by atoms with Gasteiger partial charge in [0.25, 0.3) is 0 Å². The van der Waals surface area contributed by atoms with Crippen molar-refractivity contribution >= 4 is 22.1 Å². The van der Waals surface area contributed by atoms with Gasteiger partial charge in [-0.3, -0.25) is 0 Å². The molecule has 20 heavy (non-hydrogen) atoms. The zero-order chi connectivity index (χ0) is 13.8. The van der Waals surface area contributed by atoms with Gasteiger partial charge in [-0.25, -0.2) is 0 Å². The molecule has 0 amide bonds. The van der Waals surface area contributed by atoms with Gasteiger partial charge < -0.3 is 4.90 Å². The SMILES string of the molecule is C#CCN(c1ccccc1)c1cccc2ccccc12. The van der Waals surface area contributed by atoms with Crippen molar-refractivity contribution in [3.8, 4) is 12.3 Å². The highest BCUT2D eigenvalue weighted by Gasteiger charge is 2.10. The van der Waals surface area contributed by atoms with Crippen molar-refractivity contribution in [1.29, 1.82) is 0 Å². The van der Waals surface area contributed by atoms with Crippen LogP contribution in [0.1, 0.15) is 0 Å². The maximum atomic E-state index is 5.56. The van der Waals surface area contributed by atoms with Crippen molar-refractivity contribution in [2.45, 2.75) is 0 Å². The van der Waals surface area contributed by atoms with Crippen LogP contribution >= 0.6 is 0 Å². The molecule has 0 saturated heterocycles. The molecular formula is C19H15N. The first-order valence-corrected chi connectivity index (χ1v) is 6.64. The van der Waals surface area contributed by atoms with E-state index in [-0.39, 0.29) is 0 Å². The lowest BCUT2D eigenvalue weighted by Crippen LogP contribution is -2.17. The average molecular weight is 257 g/mol. The van der Waals surface area contributed by atoms with E-state index in [0.717, 1.165) is 11.4 Å². The largest absolute Gasteiger partial charge is 0.329 e. The lowest BCUT2D eigenvalue weighted by Gasteiger charge is -2.24. The summed E-state index contributed by atoms with van der Waals surface area (Å²) in [5.41, 5.74) is 2.26. The molecule has 3 aromatic carbocycles. The van der Waals surface area contributed by atoms with Crippen molar-refractivity contribution in [1.82, 2.24) is 0 Å². The van der Waals surface area contributed by atoms with E-state index < -0.39 is 0 Å². The van der Waals surface area contributed by atoms with Crippen LogP contribution in [0.25, 0.3) is 10.8 Å². The number of terminal acetylenes is 1. The van der Waals surface area contributed by atoms with Crippen molar-refractivity contribution in [2.24, 2.45) is 0 Å². The first-order chi connectivity index (χ1) is 9.90. The Labute approximate surface area is 119 Å². The molecule has 0 bridgehead atoms. The van der Waals surface area contributed by atoms with E-state index in [9.17, 15) is 0 Å². The highest BCUT2D eigenvalue weighted by molar-refractivity contribution is 5.96. The zero-order valence-corrected chi connectivity index (χ0v) is 11.2. The molecule has 1 nitrogen and oxygen atoms in total. The quantitative estimate of drug-likeness (QED) is 0.619. The molecule has 96 valence electrons. The maximum Gasteiger partial charge on any atom is 0.0840 e. The number of nitrogens with zero attached hydrogens (tertiary/aromatic N) is 1. The smallest absolute Gasteiger partial charge is 0.0840 e. The Bertz CT molecular complexity index is 748. The first-order valence-electron chi connectivity index (χ1n) is 6.64. The Kier molecular flexibility index (Phi) is 3.39. The molecule has 0 unspecified atom stereocenters. The monoisotopic (exact) mass is 257 g/mol. The molecule has 0 fully saturated rings. The third kappa shape index (κ3) is 2.24. The second-order valence-electron chi connectivity index (χ2n) is 4.62. The number of anilines is 2. The van der Waals surface area contributed by atoms with E-state index in [2.05, 4.69) is 65.4 Å². The first kappa shape index (κ1) is 12.3. The van der Waals surface area contributed by atoms with Crippen LogP contribution in [-0.2, 0) is 0 Å². The molecule has 0 radical (unpaired) electrons. The molecule has 0 aliphatic rings. The minimum Gasteiger partial charge on any atom is -0.329 e. The predicted octanol–water partition coefficient (Wildman–Crippen LogP) is 4.61. The van der Waals surface area contributed by atoms with Gasteiger partial charge in [0.15, 0.2) is 0 Å². The van der Waals surface area contributed by atoms with E-state index in [1.165, 1.54) is 10.8 Å². The van der Waals surface area contributed by atoms with Crippen LogP contribution < -0.4 is 4.90 Å². The highest BCUT2D eigenvalue weighted by Crippen LogP contribution is 2.31. The van der Waals surface area contributed by atoms with E-state index in [0.29, 0.717) is 6.54 Å². The van der Waals surface area contributed by atoms with Gasteiger partial charge in [-0.2, -0.15) is 0 Å². The molecule has 0 aliphatic heterocycles.